The van der Waals surface area contributed by atoms with Crippen molar-refractivity contribution in [1.82, 2.24) is 0 Å². The van der Waals surface area contributed by atoms with Gasteiger partial charge in [0.05, 0.1) is 5.92 Å². The van der Waals surface area contributed by atoms with Crippen LogP contribution in [0.2, 0.25) is 0 Å². The summed E-state index contributed by atoms with van der Waals surface area (Å²) in [5.74, 6) is -0.576. The number of benzene rings is 1. The molecule has 100 valence electrons. The zero-order valence-corrected chi connectivity index (χ0v) is 10.8. The number of ketones is 1. The van der Waals surface area contributed by atoms with E-state index in [0.29, 0.717) is 18.8 Å². The number of carbonyl (C=O) groups is 2. The van der Waals surface area contributed by atoms with Crippen molar-refractivity contribution in [2.45, 2.75) is 32.1 Å². The van der Waals surface area contributed by atoms with Gasteiger partial charge in [0.2, 0.25) is 0 Å². The smallest absolute Gasteiger partial charge is 0.307 e. The van der Waals surface area contributed by atoms with Gasteiger partial charge in [0.15, 0.2) is 0 Å². The number of carbonyl (C=O) groups excluding carboxylic acids is 1. The number of aliphatic carboxylic acids is 1. The molecule has 0 spiro atoms. The molecule has 3 aliphatic carbocycles. The summed E-state index contributed by atoms with van der Waals surface area (Å²) in [6, 6.07) is 9.91. The molecule has 3 heteroatoms. The molecule has 3 aliphatic rings. The van der Waals surface area contributed by atoms with Gasteiger partial charge in [-0.2, -0.15) is 0 Å². The third-order valence-electron chi connectivity index (χ3n) is 4.88. The maximum Gasteiger partial charge on any atom is 0.307 e. The van der Waals surface area contributed by atoms with E-state index in [-0.39, 0.29) is 5.78 Å². The molecule has 2 bridgehead atoms. The Labute approximate surface area is 112 Å². The number of hydrogen-bond donors (Lipinski definition) is 1. The monoisotopic (exact) mass is 258 g/mol. The van der Waals surface area contributed by atoms with E-state index in [0.717, 1.165) is 24.8 Å². The molecule has 0 aliphatic heterocycles. The highest BCUT2D eigenvalue weighted by Gasteiger charge is 2.63. The summed E-state index contributed by atoms with van der Waals surface area (Å²) in [7, 11) is 0. The van der Waals surface area contributed by atoms with Crippen LogP contribution in [0, 0.1) is 17.3 Å². The largest absolute Gasteiger partial charge is 0.481 e. The Kier molecular flexibility index (Phi) is 2.92. The number of rotatable bonds is 5. The number of aryl methyl sites for hydroxylation is 1. The fraction of sp³-hybridized carbons (Fsp3) is 0.500. The molecule has 4 rings (SSSR count). The zero-order valence-electron chi connectivity index (χ0n) is 10.8. The highest BCUT2D eigenvalue weighted by molar-refractivity contribution is 5.92. The zero-order chi connectivity index (χ0) is 13.5. The number of Topliss-reactive ketones (excluding diaryl/α,β-unsaturated/α-hetero) is 1. The van der Waals surface area contributed by atoms with E-state index in [9.17, 15) is 14.7 Å². The lowest BCUT2D eigenvalue weighted by Gasteiger charge is -2.38. The third-order valence-corrected chi connectivity index (χ3v) is 4.88. The lowest BCUT2D eigenvalue weighted by atomic mass is 9.63. The van der Waals surface area contributed by atoms with Gasteiger partial charge in [-0.1, -0.05) is 30.3 Å². The van der Waals surface area contributed by atoms with E-state index in [1.165, 1.54) is 0 Å². The van der Waals surface area contributed by atoms with Crippen molar-refractivity contribution >= 4 is 11.8 Å². The Hall–Kier alpha value is -1.64. The predicted octanol–water partition coefficient (Wildman–Crippen LogP) is 2.69. The average Bonchev–Trinajstić information content (AvgIpc) is 2.93. The van der Waals surface area contributed by atoms with Crippen LogP contribution in [0.5, 0.6) is 0 Å². The molecule has 0 radical (unpaired) electrons. The number of hydrogen-bond acceptors (Lipinski definition) is 2. The Morgan fingerprint density at radius 1 is 1.21 bits per heavy atom. The summed E-state index contributed by atoms with van der Waals surface area (Å²) in [6.07, 6.45) is 3.50. The summed E-state index contributed by atoms with van der Waals surface area (Å²) in [5.41, 5.74) is 0.624. The third kappa shape index (κ3) is 1.97. The topological polar surface area (TPSA) is 54.4 Å². The summed E-state index contributed by atoms with van der Waals surface area (Å²) < 4.78 is 0. The van der Waals surface area contributed by atoms with E-state index < -0.39 is 17.3 Å². The van der Waals surface area contributed by atoms with Crippen LogP contribution >= 0.6 is 0 Å². The molecular weight excluding hydrogens is 240 g/mol. The first-order chi connectivity index (χ1) is 9.12. The van der Waals surface area contributed by atoms with Crippen LogP contribution < -0.4 is 0 Å². The Morgan fingerprint density at radius 2 is 1.89 bits per heavy atom. The molecule has 1 aromatic rings. The van der Waals surface area contributed by atoms with Gasteiger partial charge in [0, 0.05) is 11.8 Å². The molecular formula is C16H18O3. The molecule has 0 heterocycles. The van der Waals surface area contributed by atoms with Crippen molar-refractivity contribution in [3.05, 3.63) is 35.9 Å². The first-order valence-corrected chi connectivity index (χ1v) is 6.92. The molecule has 1 atom stereocenters. The van der Waals surface area contributed by atoms with E-state index in [1.54, 1.807) is 0 Å². The van der Waals surface area contributed by atoms with Gasteiger partial charge in [-0.15, -0.1) is 0 Å². The van der Waals surface area contributed by atoms with Crippen molar-refractivity contribution in [2.24, 2.45) is 17.3 Å². The van der Waals surface area contributed by atoms with Gasteiger partial charge in [0.1, 0.15) is 5.78 Å². The van der Waals surface area contributed by atoms with E-state index in [2.05, 4.69) is 0 Å². The minimum atomic E-state index is -0.784. The molecule has 3 saturated carbocycles. The van der Waals surface area contributed by atoms with Crippen LogP contribution in [-0.4, -0.2) is 16.9 Å². The Morgan fingerprint density at radius 3 is 2.53 bits per heavy atom. The molecule has 1 unspecified atom stereocenters. The number of fused-ring (bicyclic) bond motifs is 1. The van der Waals surface area contributed by atoms with Gasteiger partial charge in [-0.25, -0.2) is 0 Å². The summed E-state index contributed by atoms with van der Waals surface area (Å²) >= 11 is 0. The second-order valence-corrected chi connectivity index (χ2v) is 5.97. The second-order valence-electron chi connectivity index (χ2n) is 5.97. The van der Waals surface area contributed by atoms with Crippen molar-refractivity contribution in [3.63, 3.8) is 0 Å². The summed E-state index contributed by atoms with van der Waals surface area (Å²) in [4.78, 5) is 23.7. The van der Waals surface area contributed by atoms with E-state index >= 15 is 0 Å². The van der Waals surface area contributed by atoms with E-state index in [1.807, 2.05) is 30.3 Å². The predicted molar refractivity (Wildman–Crippen MR) is 70.7 cm³/mol. The van der Waals surface area contributed by atoms with Crippen LogP contribution in [0.25, 0.3) is 0 Å². The van der Waals surface area contributed by atoms with Crippen molar-refractivity contribution < 1.29 is 14.7 Å². The van der Waals surface area contributed by atoms with Gasteiger partial charge in [0.25, 0.3) is 0 Å². The van der Waals surface area contributed by atoms with Crippen LogP contribution in [0.15, 0.2) is 30.3 Å². The Balaban J connectivity index is 1.66. The van der Waals surface area contributed by atoms with E-state index in [4.69, 9.17) is 0 Å². The fourth-order valence-electron chi connectivity index (χ4n) is 3.89. The van der Waals surface area contributed by atoms with Gasteiger partial charge < -0.3 is 5.11 Å². The van der Waals surface area contributed by atoms with Crippen molar-refractivity contribution in [2.75, 3.05) is 0 Å². The number of carboxylic acid groups (broad SMARTS) is 1. The molecule has 1 N–H and O–H groups in total. The Bertz CT molecular complexity index is 500. The minimum absolute atomic E-state index is 0.164. The lowest BCUT2D eigenvalue weighted by Crippen LogP contribution is -2.42. The van der Waals surface area contributed by atoms with Crippen molar-refractivity contribution in [1.29, 1.82) is 0 Å². The van der Waals surface area contributed by atoms with Crippen LogP contribution in [0.1, 0.15) is 31.2 Å². The maximum atomic E-state index is 12.4. The molecule has 0 saturated heterocycles. The number of carboxylic acids is 1. The average molecular weight is 258 g/mol. The van der Waals surface area contributed by atoms with Gasteiger partial charge >= 0.3 is 5.97 Å². The van der Waals surface area contributed by atoms with Crippen LogP contribution in [-0.2, 0) is 16.0 Å². The minimum Gasteiger partial charge on any atom is -0.481 e. The lowest BCUT2D eigenvalue weighted by molar-refractivity contribution is -0.151. The van der Waals surface area contributed by atoms with Crippen LogP contribution in [0.3, 0.4) is 0 Å². The fourth-order valence-corrected chi connectivity index (χ4v) is 3.89. The molecule has 3 fully saturated rings. The summed E-state index contributed by atoms with van der Waals surface area (Å²) in [6.45, 7) is 0. The van der Waals surface area contributed by atoms with Gasteiger partial charge in [-0.05, 0) is 37.2 Å². The highest BCUT2D eigenvalue weighted by Crippen LogP contribution is 2.63. The molecule has 3 nitrogen and oxygen atoms in total. The second kappa shape index (κ2) is 4.48. The highest BCUT2D eigenvalue weighted by atomic mass is 16.4. The first kappa shape index (κ1) is 12.4. The first-order valence-electron chi connectivity index (χ1n) is 6.92. The molecule has 1 aromatic carbocycles. The normalized spacial score (nSPS) is 31.8. The SMILES string of the molecule is O=C(O)C1CC2CC1(C(=O)CCc1ccccc1)C2. The molecule has 0 amide bonds. The van der Waals surface area contributed by atoms with Crippen LogP contribution in [0.4, 0.5) is 0 Å². The standard InChI is InChI=1S/C16H18O3/c17-14(7-6-11-4-2-1-3-5-11)16-9-12(10-16)8-13(16)15(18)19/h1-5,12-13H,6-10H2,(H,18,19). The van der Waals surface area contributed by atoms with Gasteiger partial charge in [-0.3, -0.25) is 9.59 Å². The summed E-state index contributed by atoms with van der Waals surface area (Å²) in [5, 5.41) is 9.26. The molecule has 0 aromatic heterocycles. The van der Waals surface area contributed by atoms with Crippen molar-refractivity contribution in [3.8, 4) is 0 Å². The quantitative estimate of drug-likeness (QED) is 0.883. The molecule has 19 heavy (non-hydrogen) atoms. The maximum absolute atomic E-state index is 12.4.